The van der Waals surface area contributed by atoms with E-state index in [-0.39, 0.29) is 0 Å². The minimum atomic E-state index is -0.698. The molecule has 0 saturated heterocycles. The lowest BCUT2D eigenvalue weighted by Gasteiger charge is -2.20. The summed E-state index contributed by atoms with van der Waals surface area (Å²) < 4.78 is 5.01. The fourth-order valence-corrected chi connectivity index (χ4v) is 10.8. The predicted octanol–water partition coefficient (Wildman–Crippen LogP) is 3.92. The average molecular weight is 320 g/mol. The Hall–Kier alpha value is -1.72. The number of aryl methyl sites for hydroxylation is 3. The summed E-state index contributed by atoms with van der Waals surface area (Å²) in [7, 11) is -1.39. The molecule has 0 saturated carbocycles. The van der Waals surface area contributed by atoms with Crippen LogP contribution in [0.25, 0.3) is 0 Å². The van der Waals surface area contributed by atoms with Crippen LogP contribution in [0.2, 0.25) is 0 Å². The van der Waals surface area contributed by atoms with Gasteiger partial charge in [-0.05, 0) is 37.1 Å². The average Bonchev–Trinajstić information content (AvgIpc) is 2.55. The van der Waals surface area contributed by atoms with Crippen molar-refractivity contribution in [3.63, 3.8) is 0 Å². The molecule has 1 heterocycles. The van der Waals surface area contributed by atoms with E-state index in [0.717, 1.165) is 0 Å². The van der Waals surface area contributed by atoms with Gasteiger partial charge in [0.2, 0.25) is 0 Å². The van der Waals surface area contributed by atoms with Crippen molar-refractivity contribution in [3.8, 4) is 0 Å². The zero-order valence-electron chi connectivity index (χ0n) is 13.4. The summed E-state index contributed by atoms with van der Waals surface area (Å²) >= 11 is 0. The highest BCUT2D eigenvalue weighted by atomic mass is 29.0. The SMILES string of the molecule is Cc1c[si](C(c2ccccc2)c2ccccc2)[si](C)nc1C. The number of hydrogen-bond acceptors (Lipinski definition) is 1. The van der Waals surface area contributed by atoms with Crippen LogP contribution >= 0.6 is 0 Å². The third-order valence-corrected chi connectivity index (χ3v) is 12.0. The normalized spacial score (nSPS) is 10.9. The van der Waals surface area contributed by atoms with Crippen molar-refractivity contribution in [1.82, 2.24) is 4.64 Å². The molecule has 0 unspecified atom stereocenters. The molecule has 3 rings (SSSR count). The van der Waals surface area contributed by atoms with Gasteiger partial charge in [0.25, 0.3) is 0 Å². The van der Waals surface area contributed by atoms with Gasteiger partial charge in [-0.2, -0.15) is 0 Å². The van der Waals surface area contributed by atoms with Crippen molar-refractivity contribution >= 4 is 16.0 Å². The molecule has 0 atom stereocenters. The molecule has 0 aliphatic rings. The lowest BCUT2D eigenvalue weighted by atomic mass is 10.0. The smallest absolute Gasteiger partial charge is 0.131 e. The minimum Gasteiger partial charge on any atom is -0.307 e. The molecule has 1 aromatic heterocycles. The standard InChI is InChI=1S/C19H21NSi2/c1-15-14-22(21(3)20-16(15)2)19(17-10-6-4-7-11-17)18-12-8-5-9-13-18/h4-14,19H,1-3H3. The summed E-state index contributed by atoms with van der Waals surface area (Å²) in [6.07, 6.45) is 0. The molecule has 0 amide bonds. The third-order valence-electron chi connectivity index (χ3n) is 4.27. The van der Waals surface area contributed by atoms with Gasteiger partial charge in [0.05, 0.1) is 7.90 Å². The monoisotopic (exact) mass is 319 g/mol. The Bertz CT molecular complexity index is 731. The van der Waals surface area contributed by atoms with Crippen LogP contribution < -0.4 is 0 Å². The summed E-state index contributed by atoms with van der Waals surface area (Å²) in [5.41, 5.74) is 8.55. The summed E-state index contributed by atoms with van der Waals surface area (Å²) in [4.78, 5) is 0. The first-order valence-corrected chi connectivity index (χ1v) is 12.3. The molecule has 2 aromatic carbocycles. The molecule has 1 nitrogen and oxygen atoms in total. The summed E-state index contributed by atoms with van der Waals surface area (Å²) in [6, 6.07) is 21.9. The molecule has 0 bridgehead atoms. The third kappa shape index (κ3) is 3.05. The van der Waals surface area contributed by atoms with Crippen LogP contribution in [0.15, 0.2) is 66.3 Å². The Balaban J connectivity index is 2.21. The lowest BCUT2D eigenvalue weighted by molar-refractivity contribution is 1.12. The maximum absolute atomic E-state index is 5.01. The van der Waals surface area contributed by atoms with Crippen molar-refractivity contribution in [2.45, 2.75) is 19.4 Å². The second-order valence-corrected chi connectivity index (χ2v) is 12.9. The van der Waals surface area contributed by atoms with Crippen LogP contribution in [0.1, 0.15) is 27.9 Å². The molecule has 0 aliphatic carbocycles. The maximum atomic E-state index is 5.01. The highest BCUT2D eigenvalue weighted by Gasteiger charge is 2.20. The van der Waals surface area contributed by atoms with Gasteiger partial charge < -0.3 is 4.64 Å². The lowest BCUT2D eigenvalue weighted by Crippen LogP contribution is -2.26. The topological polar surface area (TPSA) is 12.9 Å². The largest absolute Gasteiger partial charge is 0.307 e. The van der Waals surface area contributed by atoms with Gasteiger partial charge in [0.1, 0.15) is 8.07 Å². The van der Waals surface area contributed by atoms with E-state index in [2.05, 4.69) is 86.7 Å². The van der Waals surface area contributed by atoms with Crippen molar-refractivity contribution < 1.29 is 0 Å². The van der Waals surface area contributed by atoms with Crippen LogP contribution in [0.5, 0.6) is 0 Å². The molecule has 0 N–H and O–H groups in total. The minimum absolute atomic E-state index is 0.498. The van der Waals surface area contributed by atoms with Gasteiger partial charge in [-0.3, -0.25) is 0 Å². The maximum Gasteiger partial charge on any atom is 0.131 e. The van der Waals surface area contributed by atoms with E-state index in [1.54, 1.807) is 0 Å². The van der Waals surface area contributed by atoms with Crippen LogP contribution in [0.4, 0.5) is 0 Å². The Kier molecular flexibility index (Phi) is 4.55. The van der Waals surface area contributed by atoms with E-state index in [0.29, 0.717) is 5.54 Å². The van der Waals surface area contributed by atoms with E-state index in [4.69, 9.17) is 4.64 Å². The summed E-state index contributed by atoms with van der Waals surface area (Å²) in [5.74, 6) is 0. The van der Waals surface area contributed by atoms with Gasteiger partial charge in [0, 0.05) is 11.2 Å². The Morgan fingerprint density at radius 3 is 1.82 bits per heavy atom. The van der Waals surface area contributed by atoms with Gasteiger partial charge in [0.15, 0.2) is 0 Å². The van der Waals surface area contributed by atoms with Crippen LogP contribution in [-0.2, 0) is 6.55 Å². The zero-order chi connectivity index (χ0) is 15.5. The van der Waals surface area contributed by atoms with E-state index >= 15 is 0 Å². The molecule has 0 radical (unpaired) electrons. The molecule has 110 valence electrons. The van der Waals surface area contributed by atoms with Crippen molar-refractivity contribution in [2.24, 2.45) is 6.55 Å². The fraction of sp³-hybridized carbons (Fsp3) is 0.211. The van der Waals surface area contributed by atoms with Gasteiger partial charge in [-0.15, -0.1) is 0 Å². The van der Waals surface area contributed by atoms with Gasteiger partial charge >= 0.3 is 0 Å². The Morgan fingerprint density at radius 2 is 1.32 bits per heavy atom. The number of nitrogens with zero attached hydrogens (tertiary/aromatic N) is 1. The predicted molar refractivity (Wildman–Crippen MR) is 96.7 cm³/mol. The van der Waals surface area contributed by atoms with Crippen molar-refractivity contribution in [1.29, 1.82) is 0 Å². The number of benzene rings is 2. The first-order chi connectivity index (χ1) is 10.7. The van der Waals surface area contributed by atoms with E-state index < -0.39 is 16.0 Å². The molecular formula is C19H21NSi2. The molecule has 0 spiro atoms. The summed E-state index contributed by atoms with van der Waals surface area (Å²) in [5, 5.41) is 0. The molecule has 0 aliphatic heterocycles. The Labute approximate surface area is 135 Å². The molecular weight excluding hydrogens is 298 g/mol. The first kappa shape index (κ1) is 15.2. The van der Waals surface area contributed by atoms with Gasteiger partial charge in [-0.25, -0.2) is 0 Å². The van der Waals surface area contributed by atoms with Gasteiger partial charge in [-0.1, -0.05) is 66.3 Å². The van der Waals surface area contributed by atoms with Crippen molar-refractivity contribution in [2.75, 3.05) is 0 Å². The van der Waals surface area contributed by atoms with E-state index in [1.165, 1.54) is 22.4 Å². The second-order valence-electron chi connectivity index (χ2n) is 5.82. The molecule has 3 heteroatoms. The first-order valence-electron chi connectivity index (χ1n) is 7.71. The van der Waals surface area contributed by atoms with Crippen molar-refractivity contribution in [3.05, 3.63) is 88.7 Å². The fourth-order valence-electron chi connectivity index (χ4n) is 2.98. The zero-order valence-corrected chi connectivity index (χ0v) is 15.4. The molecule has 0 fully saturated rings. The number of hydrogen-bond donors (Lipinski definition) is 0. The number of rotatable bonds is 3. The van der Waals surface area contributed by atoms with E-state index in [9.17, 15) is 0 Å². The van der Waals surface area contributed by atoms with Crippen LogP contribution in [0.3, 0.4) is 0 Å². The summed E-state index contributed by atoms with van der Waals surface area (Å²) in [6.45, 7) is 6.74. The highest BCUT2D eigenvalue weighted by Crippen LogP contribution is 2.25. The quantitative estimate of drug-likeness (QED) is 0.667. The molecule has 22 heavy (non-hydrogen) atoms. The van der Waals surface area contributed by atoms with E-state index in [1.807, 2.05) is 0 Å². The Morgan fingerprint density at radius 1 is 0.818 bits per heavy atom. The van der Waals surface area contributed by atoms with Crippen LogP contribution in [-0.4, -0.2) is 20.6 Å². The number of aromatic nitrogens is 1. The second kappa shape index (κ2) is 6.59. The highest BCUT2D eigenvalue weighted by molar-refractivity contribution is 6.99. The van der Waals surface area contributed by atoms with Crippen LogP contribution in [0, 0.1) is 13.8 Å². The molecule has 3 aromatic rings.